The second kappa shape index (κ2) is 5.95. The number of nitrogens with one attached hydrogen (secondary N) is 1. The lowest BCUT2D eigenvalue weighted by molar-refractivity contribution is -0.148. The molecule has 1 aromatic heterocycles. The Balaban J connectivity index is 2.22. The maximum atomic E-state index is 12.2. The van der Waals surface area contributed by atoms with Gasteiger partial charge in [0.2, 0.25) is 0 Å². The van der Waals surface area contributed by atoms with E-state index in [2.05, 4.69) is 10.3 Å². The van der Waals surface area contributed by atoms with Crippen molar-refractivity contribution in [2.45, 2.75) is 18.4 Å². The Hall–Kier alpha value is -1.37. The molecule has 1 fully saturated rings. The highest BCUT2D eigenvalue weighted by Gasteiger charge is 2.41. The quantitative estimate of drug-likeness (QED) is 0.829. The zero-order valence-corrected chi connectivity index (χ0v) is 11.9. The lowest BCUT2D eigenvalue weighted by Crippen LogP contribution is -2.57. The van der Waals surface area contributed by atoms with Crippen LogP contribution < -0.4 is 5.32 Å². The van der Waals surface area contributed by atoms with Crippen LogP contribution in [0.2, 0.25) is 10.3 Å². The molecular formula is C12H12Cl2N2O4. The summed E-state index contributed by atoms with van der Waals surface area (Å²) in [7, 11) is 0. The van der Waals surface area contributed by atoms with Gasteiger partial charge in [0, 0.05) is 31.6 Å². The largest absolute Gasteiger partial charge is 0.480 e. The van der Waals surface area contributed by atoms with Gasteiger partial charge < -0.3 is 15.2 Å². The van der Waals surface area contributed by atoms with Crippen molar-refractivity contribution in [2.75, 3.05) is 13.2 Å². The first-order chi connectivity index (χ1) is 9.43. The molecule has 20 heavy (non-hydrogen) atoms. The van der Waals surface area contributed by atoms with Crippen LogP contribution in [0.4, 0.5) is 0 Å². The smallest absolute Gasteiger partial charge is 0.329 e. The van der Waals surface area contributed by atoms with Crippen molar-refractivity contribution in [3.63, 3.8) is 0 Å². The summed E-state index contributed by atoms with van der Waals surface area (Å²) in [6, 6.07) is 2.66. The molecule has 0 spiro atoms. The predicted octanol–water partition coefficient (Wildman–Crippen LogP) is 1.75. The van der Waals surface area contributed by atoms with Gasteiger partial charge in [-0.2, -0.15) is 0 Å². The van der Waals surface area contributed by atoms with Gasteiger partial charge in [-0.25, -0.2) is 9.78 Å². The highest BCUT2D eigenvalue weighted by atomic mass is 35.5. The first-order valence-electron chi connectivity index (χ1n) is 5.90. The fraction of sp³-hybridized carbons (Fsp3) is 0.417. The van der Waals surface area contributed by atoms with Gasteiger partial charge in [-0.15, -0.1) is 0 Å². The van der Waals surface area contributed by atoms with Gasteiger partial charge in [-0.3, -0.25) is 4.79 Å². The van der Waals surface area contributed by atoms with Gasteiger partial charge in [-0.1, -0.05) is 23.2 Å². The van der Waals surface area contributed by atoms with Crippen LogP contribution in [-0.4, -0.2) is 40.7 Å². The molecule has 0 unspecified atom stereocenters. The minimum Gasteiger partial charge on any atom is -0.480 e. The number of carbonyl (C=O) groups is 2. The summed E-state index contributed by atoms with van der Waals surface area (Å²) in [6.45, 7) is 0.564. The van der Waals surface area contributed by atoms with E-state index in [1.54, 1.807) is 0 Å². The summed E-state index contributed by atoms with van der Waals surface area (Å²) < 4.78 is 5.13. The monoisotopic (exact) mass is 318 g/mol. The molecule has 2 N–H and O–H groups in total. The fourth-order valence-corrected chi connectivity index (χ4v) is 2.46. The molecule has 2 rings (SSSR count). The Morgan fingerprint density at radius 3 is 2.30 bits per heavy atom. The number of ether oxygens (including phenoxy) is 1. The lowest BCUT2D eigenvalue weighted by atomic mass is 9.90. The fourth-order valence-electron chi connectivity index (χ4n) is 2.00. The molecule has 2 heterocycles. The van der Waals surface area contributed by atoms with E-state index in [9.17, 15) is 14.7 Å². The van der Waals surface area contributed by atoms with Crippen LogP contribution >= 0.6 is 23.2 Å². The van der Waals surface area contributed by atoms with E-state index in [0.29, 0.717) is 0 Å². The molecule has 108 valence electrons. The van der Waals surface area contributed by atoms with Crippen LogP contribution in [0.15, 0.2) is 12.1 Å². The highest BCUT2D eigenvalue weighted by Crippen LogP contribution is 2.22. The molecular weight excluding hydrogens is 307 g/mol. The Labute approximate surface area is 125 Å². The molecule has 0 aromatic carbocycles. The molecule has 0 atom stereocenters. The molecule has 0 bridgehead atoms. The number of aromatic nitrogens is 1. The standard InChI is InChI=1S/C12H12Cl2N2O4/c13-8-5-7(6-9(14)15-8)10(17)16-12(11(18)19)1-3-20-4-2-12/h5-6H,1-4H2,(H,16,17)(H,18,19). The average Bonchev–Trinajstić information content (AvgIpc) is 2.38. The number of nitrogens with zero attached hydrogens (tertiary/aromatic N) is 1. The summed E-state index contributed by atoms with van der Waals surface area (Å²) >= 11 is 11.4. The topological polar surface area (TPSA) is 88.5 Å². The van der Waals surface area contributed by atoms with Crippen molar-refractivity contribution in [1.82, 2.24) is 10.3 Å². The second-order valence-corrected chi connectivity index (χ2v) is 5.23. The molecule has 1 amide bonds. The number of hydrogen-bond acceptors (Lipinski definition) is 4. The minimum absolute atomic E-state index is 0.0685. The van der Waals surface area contributed by atoms with Gasteiger partial charge in [-0.05, 0) is 12.1 Å². The second-order valence-electron chi connectivity index (χ2n) is 4.46. The van der Waals surface area contributed by atoms with Gasteiger partial charge in [0.25, 0.3) is 5.91 Å². The number of rotatable bonds is 3. The molecule has 0 saturated carbocycles. The van der Waals surface area contributed by atoms with Crippen LogP contribution in [0.3, 0.4) is 0 Å². The number of amides is 1. The third-order valence-corrected chi connectivity index (χ3v) is 3.52. The van der Waals surface area contributed by atoms with E-state index < -0.39 is 17.4 Å². The first-order valence-corrected chi connectivity index (χ1v) is 6.65. The number of hydrogen-bond donors (Lipinski definition) is 2. The number of aliphatic carboxylic acids is 1. The van der Waals surface area contributed by atoms with Crippen LogP contribution in [0.1, 0.15) is 23.2 Å². The summed E-state index contributed by atoms with van der Waals surface area (Å²) in [4.78, 5) is 27.3. The first kappa shape index (κ1) is 15.0. The van der Waals surface area contributed by atoms with E-state index in [4.69, 9.17) is 27.9 Å². The molecule has 0 aliphatic carbocycles. The number of halogens is 2. The van der Waals surface area contributed by atoms with Crippen molar-refractivity contribution in [1.29, 1.82) is 0 Å². The van der Waals surface area contributed by atoms with Gasteiger partial charge in [0.05, 0.1) is 0 Å². The van der Waals surface area contributed by atoms with Gasteiger partial charge in [0.1, 0.15) is 15.8 Å². The number of pyridine rings is 1. The molecule has 6 nitrogen and oxygen atoms in total. The van der Waals surface area contributed by atoms with Gasteiger partial charge >= 0.3 is 5.97 Å². The van der Waals surface area contributed by atoms with Crippen molar-refractivity contribution >= 4 is 35.1 Å². The SMILES string of the molecule is O=C(NC1(C(=O)O)CCOCC1)c1cc(Cl)nc(Cl)c1. The van der Waals surface area contributed by atoms with Gasteiger partial charge in [0.15, 0.2) is 0 Å². The maximum Gasteiger partial charge on any atom is 0.329 e. The van der Waals surface area contributed by atoms with E-state index in [1.165, 1.54) is 12.1 Å². The van der Waals surface area contributed by atoms with Crippen LogP contribution in [0.5, 0.6) is 0 Å². The zero-order valence-electron chi connectivity index (χ0n) is 10.4. The molecule has 8 heteroatoms. The van der Waals surface area contributed by atoms with E-state index in [0.717, 1.165) is 0 Å². The Bertz CT molecular complexity index is 524. The van der Waals surface area contributed by atoms with Crippen LogP contribution in [0, 0.1) is 0 Å². The summed E-state index contributed by atoms with van der Waals surface area (Å²) in [6.07, 6.45) is 0.418. The summed E-state index contributed by atoms with van der Waals surface area (Å²) in [5.74, 6) is -1.64. The van der Waals surface area contributed by atoms with Crippen molar-refractivity contribution in [3.05, 3.63) is 28.0 Å². The summed E-state index contributed by atoms with van der Waals surface area (Å²) in [5.41, 5.74) is -1.15. The van der Waals surface area contributed by atoms with E-state index in [1.807, 2.05) is 0 Å². The van der Waals surface area contributed by atoms with Crippen molar-refractivity contribution < 1.29 is 19.4 Å². The third kappa shape index (κ3) is 3.20. The number of carbonyl (C=O) groups excluding carboxylic acids is 1. The number of carboxylic acids is 1. The Morgan fingerprint density at radius 1 is 1.25 bits per heavy atom. The zero-order chi connectivity index (χ0) is 14.8. The average molecular weight is 319 g/mol. The minimum atomic E-state index is -1.32. The highest BCUT2D eigenvalue weighted by molar-refractivity contribution is 6.33. The van der Waals surface area contributed by atoms with E-state index >= 15 is 0 Å². The van der Waals surface area contributed by atoms with Crippen LogP contribution in [-0.2, 0) is 9.53 Å². The predicted molar refractivity (Wildman–Crippen MR) is 72.1 cm³/mol. The molecule has 0 radical (unpaired) electrons. The normalized spacial score (nSPS) is 17.5. The molecule has 1 aliphatic rings. The molecule has 1 aliphatic heterocycles. The van der Waals surface area contributed by atoms with Crippen molar-refractivity contribution in [2.24, 2.45) is 0 Å². The maximum absolute atomic E-state index is 12.2. The molecule has 1 aromatic rings. The summed E-state index contributed by atoms with van der Waals surface area (Å²) in [5, 5.41) is 12.0. The van der Waals surface area contributed by atoms with Crippen molar-refractivity contribution in [3.8, 4) is 0 Å². The Kier molecular flexibility index (Phi) is 4.47. The Morgan fingerprint density at radius 2 is 1.80 bits per heavy atom. The van der Waals surface area contributed by atoms with E-state index in [-0.39, 0.29) is 41.9 Å². The lowest BCUT2D eigenvalue weighted by Gasteiger charge is -2.33. The molecule has 1 saturated heterocycles. The van der Waals surface area contributed by atoms with Crippen LogP contribution in [0.25, 0.3) is 0 Å². The third-order valence-electron chi connectivity index (χ3n) is 3.13. The number of carboxylic acid groups (broad SMARTS) is 1.